The minimum atomic E-state index is 0.871. The number of nitrogens with zero attached hydrogens (tertiary/aromatic N) is 2. The largest absolute Gasteiger partial charge is 0.285 e. The molecule has 13 heavy (non-hydrogen) atoms. The molecule has 0 aliphatic heterocycles. The van der Waals surface area contributed by atoms with Crippen LogP contribution in [0.5, 0.6) is 0 Å². The molecule has 0 amide bonds. The number of pyridine rings is 1. The molecule has 3 nitrogen and oxygen atoms in total. The Morgan fingerprint density at radius 3 is 2.85 bits per heavy atom. The summed E-state index contributed by atoms with van der Waals surface area (Å²) in [5.74, 6) is 0. The summed E-state index contributed by atoms with van der Waals surface area (Å²) in [6.45, 7) is 2.03. The third kappa shape index (κ3) is 1.62. The van der Waals surface area contributed by atoms with Crippen molar-refractivity contribution in [2.75, 3.05) is 0 Å². The lowest BCUT2D eigenvalue weighted by Gasteiger charge is -1.99. The SMILES string of the molecule is Cc1cc(-c2cc[nH]n2)ncc1Br. The van der Waals surface area contributed by atoms with Crippen LogP contribution < -0.4 is 0 Å². The average Bonchev–Trinajstić information content (AvgIpc) is 2.62. The molecule has 0 bridgehead atoms. The molecule has 0 spiro atoms. The monoisotopic (exact) mass is 237 g/mol. The summed E-state index contributed by atoms with van der Waals surface area (Å²) in [4.78, 5) is 4.25. The molecule has 2 heterocycles. The van der Waals surface area contributed by atoms with E-state index in [4.69, 9.17) is 0 Å². The molecule has 4 heteroatoms. The first-order valence-corrected chi connectivity index (χ1v) is 4.69. The van der Waals surface area contributed by atoms with Gasteiger partial charge in [-0.2, -0.15) is 5.10 Å². The smallest absolute Gasteiger partial charge is 0.110 e. The van der Waals surface area contributed by atoms with Gasteiger partial charge in [-0.1, -0.05) is 0 Å². The predicted octanol–water partition coefficient (Wildman–Crippen LogP) is 2.54. The van der Waals surface area contributed by atoms with E-state index in [0.29, 0.717) is 0 Å². The van der Waals surface area contributed by atoms with Crippen LogP contribution in [-0.4, -0.2) is 15.2 Å². The number of halogens is 1. The number of aromatic amines is 1. The first kappa shape index (κ1) is 8.44. The second kappa shape index (κ2) is 3.30. The second-order valence-electron chi connectivity index (χ2n) is 2.78. The van der Waals surface area contributed by atoms with Crippen molar-refractivity contribution in [2.45, 2.75) is 6.92 Å². The Labute approximate surface area is 84.3 Å². The van der Waals surface area contributed by atoms with Crippen molar-refractivity contribution in [1.29, 1.82) is 0 Å². The van der Waals surface area contributed by atoms with Gasteiger partial charge in [0.05, 0.1) is 5.69 Å². The molecule has 0 saturated heterocycles. The highest BCUT2D eigenvalue weighted by Crippen LogP contribution is 2.20. The van der Waals surface area contributed by atoms with E-state index in [0.717, 1.165) is 21.4 Å². The van der Waals surface area contributed by atoms with E-state index in [2.05, 4.69) is 31.1 Å². The Morgan fingerprint density at radius 1 is 1.38 bits per heavy atom. The van der Waals surface area contributed by atoms with Gasteiger partial charge in [0.25, 0.3) is 0 Å². The van der Waals surface area contributed by atoms with Crippen LogP contribution >= 0.6 is 15.9 Å². The summed E-state index contributed by atoms with van der Waals surface area (Å²) in [6.07, 6.45) is 3.58. The van der Waals surface area contributed by atoms with Crippen LogP contribution in [0.3, 0.4) is 0 Å². The zero-order chi connectivity index (χ0) is 9.26. The van der Waals surface area contributed by atoms with Crippen molar-refractivity contribution in [3.63, 3.8) is 0 Å². The molecular formula is C9H8BrN3. The van der Waals surface area contributed by atoms with E-state index in [1.165, 1.54) is 0 Å². The summed E-state index contributed by atoms with van der Waals surface area (Å²) < 4.78 is 1.02. The van der Waals surface area contributed by atoms with Crippen LogP contribution in [0.15, 0.2) is 29.0 Å². The molecule has 0 unspecified atom stereocenters. The number of aryl methyl sites for hydroxylation is 1. The van der Waals surface area contributed by atoms with Crippen LogP contribution in [0.25, 0.3) is 11.4 Å². The third-order valence-electron chi connectivity index (χ3n) is 1.81. The fourth-order valence-corrected chi connectivity index (χ4v) is 1.30. The fraction of sp³-hybridized carbons (Fsp3) is 0.111. The van der Waals surface area contributed by atoms with Gasteiger partial charge in [0, 0.05) is 16.9 Å². The van der Waals surface area contributed by atoms with Crippen LogP contribution in [0.1, 0.15) is 5.56 Å². The minimum Gasteiger partial charge on any atom is -0.285 e. The number of nitrogens with one attached hydrogen (secondary N) is 1. The zero-order valence-corrected chi connectivity index (χ0v) is 8.67. The summed E-state index contributed by atoms with van der Waals surface area (Å²) in [5, 5.41) is 6.82. The molecular weight excluding hydrogens is 230 g/mol. The highest BCUT2D eigenvalue weighted by Gasteiger charge is 2.02. The summed E-state index contributed by atoms with van der Waals surface area (Å²) in [5.41, 5.74) is 2.92. The predicted molar refractivity (Wildman–Crippen MR) is 54.3 cm³/mol. The topological polar surface area (TPSA) is 41.6 Å². The normalized spacial score (nSPS) is 10.3. The molecule has 0 radical (unpaired) electrons. The Hall–Kier alpha value is -1.16. The van der Waals surface area contributed by atoms with Crippen molar-refractivity contribution in [3.05, 3.63) is 34.6 Å². The van der Waals surface area contributed by atoms with Crippen molar-refractivity contribution in [1.82, 2.24) is 15.2 Å². The van der Waals surface area contributed by atoms with Gasteiger partial charge in [-0.15, -0.1) is 0 Å². The van der Waals surface area contributed by atoms with Crippen LogP contribution in [0, 0.1) is 6.92 Å². The molecule has 0 aromatic carbocycles. The summed E-state index contributed by atoms with van der Waals surface area (Å²) in [6, 6.07) is 3.90. The molecule has 1 N–H and O–H groups in total. The van der Waals surface area contributed by atoms with Crippen molar-refractivity contribution < 1.29 is 0 Å². The van der Waals surface area contributed by atoms with E-state index in [1.807, 2.05) is 19.1 Å². The first-order valence-electron chi connectivity index (χ1n) is 3.89. The van der Waals surface area contributed by atoms with Gasteiger partial charge in [0.1, 0.15) is 5.69 Å². The van der Waals surface area contributed by atoms with E-state index in [-0.39, 0.29) is 0 Å². The molecule has 0 aliphatic carbocycles. The lowest BCUT2D eigenvalue weighted by molar-refractivity contribution is 1.08. The average molecular weight is 238 g/mol. The van der Waals surface area contributed by atoms with Crippen LogP contribution in [-0.2, 0) is 0 Å². The molecule has 2 aromatic heterocycles. The number of H-pyrrole nitrogens is 1. The number of rotatable bonds is 1. The van der Waals surface area contributed by atoms with Crippen molar-refractivity contribution >= 4 is 15.9 Å². The maximum atomic E-state index is 4.25. The quantitative estimate of drug-likeness (QED) is 0.829. The highest BCUT2D eigenvalue weighted by atomic mass is 79.9. The number of hydrogen-bond acceptors (Lipinski definition) is 2. The standard InChI is InChI=1S/C9H8BrN3/c1-6-4-9(11-5-7(6)10)8-2-3-12-13-8/h2-5H,1H3,(H,12,13). The van der Waals surface area contributed by atoms with Crippen molar-refractivity contribution in [3.8, 4) is 11.4 Å². The van der Waals surface area contributed by atoms with Gasteiger partial charge in [-0.3, -0.25) is 10.1 Å². The lowest BCUT2D eigenvalue weighted by atomic mass is 10.2. The maximum Gasteiger partial charge on any atom is 0.110 e. The molecule has 0 fully saturated rings. The Kier molecular flexibility index (Phi) is 2.14. The molecule has 66 valence electrons. The number of hydrogen-bond donors (Lipinski definition) is 1. The molecule has 0 aliphatic rings. The van der Waals surface area contributed by atoms with Crippen LogP contribution in [0.4, 0.5) is 0 Å². The summed E-state index contributed by atoms with van der Waals surface area (Å²) >= 11 is 3.40. The van der Waals surface area contributed by atoms with E-state index in [1.54, 1.807) is 12.4 Å². The van der Waals surface area contributed by atoms with E-state index in [9.17, 15) is 0 Å². The zero-order valence-electron chi connectivity index (χ0n) is 7.08. The fourth-order valence-electron chi connectivity index (χ4n) is 1.08. The van der Waals surface area contributed by atoms with Gasteiger partial charge < -0.3 is 0 Å². The Morgan fingerprint density at radius 2 is 2.23 bits per heavy atom. The second-order valence-corrected chi connectivity index (χ2v) is 3.63. The molecule has 0 saturated carbocycles. The van der Waals surface area contributed by atoms with Gasteiger partial charge in [0.15, 0.2) is 0 Å². The van der Waals surface area contributed by atoms with Gasteiger partial charge >= 0.3 is 0 Å². The Balaban J connectivity index is 2.49. The lowest BCUT2D eigenvalue weighted by Crippen LogP contribution is -1.86. The number of aromatic nitrogens is 3. The maximum absolute atomic E-state index is 4.25. The summed E-state index contributed by atoms with van der Waals surface area (Å²) in [7, 11) is 0. The minimum absolute atomic E-state index is 0.871. The molecule has 0 atom stereocenters. The van der Waals surface area contributed by atoms with E-state index >= 15 is 0 Å². The highest BCUT2D eigenvalue weighted by molar-refractivity contribution is 9.10. The van der Waals surface area contributed by atoms with Gasteiger partial charge in [-0.05, 0) is 40.5 Å². The first-order chi connectivity index (χ1) is 6.27. The Bertz CT molecular complexity index is 409. The van der Waals surface area contributed by atoms with Gasteiger partial charge in [0.2, 0.25) is 0 Å². The van der Waals surface area contributed by atoms with Crippen molar-refractivity contribution in [2.24, 2.45) is 0 Å². The molecule has 2 aromatic rings. The van der Waals surface area contributed by atoms with E-state index < -0.39 is 0 Å². The van der Waals surface area contributed by atoms with Gasteiger partial charge in [-0.25, -0.2) is 0 Å². The third-order valence-corrected chi connectivity index (χ3v) is 2.64. The van der Waals surface area contributed by atoms with Crippen LogP contribution in [0.2, 0.25) is 0 Å². The molecule has 2 rings (SSSR count).